The van der Waals surface area contributed by atoms with E-state index in [0.29, 0.717) is 0 Å². The Kier molecular flexibility index (Phi) is 9.48. The Morgan fingerprint density at radius 3 is 2.38 bits per heavy atom. The number of carbonyl (C=O) groups is 2. The minimum Gasteiger partial charge on any atom is -0.352 e. The summed E-state index contributed by atoms with van der Waals surface area (Å²) in [5.41, 5.74) is 1.82. The molecule has 40 heavy (non-hydrogen) atoms. The number of aryl methyl sites for hydroxylation is 1. The number of hydrogen-bond acceptors (Lipinski definition) is 4. The molecule has 3 aromatic rings. The van der Waals surface area contributed by atoms with E-state index in [1.807, 2.05) is 31.2 Å². The van der Waals surface area contributed by atoms with E-state index in [9.17, 15) is 22.4 Å². The maximum absolute atomic E-state index is 14.0. The molecule has 1 fully saturated rings. The van der Waals surface area contributed by atoms with E-state index in [4.69, 9.17) is 11.6 Å². The fraction of sp³-hybridized carbons (Fsp3) is 0.333. The van der Waals surface area contributed by atoms with Gasteiger partial charge in [-0.25, -0.2) is 12.8 Å². The third-order valence-corrected chi connectivity index (χ3v) is 9.18. The average molecular weight is 586 g/mol. The molecule has 212 valence electrons. The maximum atomic E-state index is 14.0. The van der Waals surface area contributed by atoms with Crippen LogP contribution in [0.25, 0.3) is 0 Å². The summed E-state index contributed by atoms with van der Waals surface area (Å²) in [4.78, 5) is 28.6. The van der Waals surface area contributed by atoms with Crippen molar-refractivity contribution >= 4 is 39.1 Å². The van der Waals surface area contributed by atoms with Gasteiger partial charge in [0, 0.05) is 12.6 Å². The number of sulfonamides is 1. The lowest BCUT2D eigenvalue weighted by molar-refractivity contribution is -0.139. The van der Waals surface area contributed by atoms with Crippen molar-refractivity contribution in [1.82, 2.24) is 10.2 Å². The Bertz CT molecular complexity index is 1460. The standard InChI is InChI=1S/C30H33ClFN3O4S/c1-21-9-8-10-23(17-21)19-34(22(2)30(37)33-24-11-6-7-12-24)29(36)20-35(25-15-16-28(32)27(31)18-25)40(38,39)26-13-4-3-5-14-26/h3-5,8-10,13-18,22,24H,6-7,11-12,19-20H2,1-2H3,(H,33,37)/t22-/m0/s1. The molecule has 0 heterocycles. The first kappa shape index (κ1) is 29.6. The molecule has 3 aromatic carbocycles. The van der Waals surface area contributed by atoms with Crippen molar-refractivity contribution in [2.24, 2.45) is 0 Å². The van der Waals surface area contributed by atoms with Crippen molar-refractivity contribution in [3.8, 4) is 0 Å². The highest BCUT2D eigenvalue weighted by atomic mass is 35.5. The molecule has 0 radical (unpaired) electrons. The van der Waals surface area contributed by atoms with Crippen LogP contribution in [0.5, 0.6) is 0 Å². The van der Waals surface area contributed by atoms with E-state index in [-0.39, 0.29) is 34.1 Å². The summed E-state index contributed by atoms with van der Waals surface area (Å²) in [5.74, 6) is -1.60. The first-order valence-corrected chi connectivity index (χ1v) is 15.1. The van der Waals surface area contributed by atoms with Gasteiger partial charge in [0.1, 0.15) is 18.4 Å². The van der Waals surface area contributed by atoms with E-state index in [2.05, 4.69) is 5.32 Å². The molecule has 0 aromatic heterocycles. The molecule has 1 saturated carbocycles. The molecule has 0 aliphatic heterocycles. The van der Waals surface area contributed by atoms with Gasteiger partial charge >= 0.3 is 0 Å². The Balaban J connectivity index is 1.69. The number of nitrogens with one attached hydrogen (secondary N) is 1. The third kappa shape index (κ3) is 7.01. The largest absolute Gasteiger partial charge is 0.352 e. The van der Waals surface area contributed by atoms with Crippen LogP contribution in [0.15, 0.2) is 77.7 Å². The van der Waals surface area contributed by atoms with Crippen molar-refractivity contribution < 1.29 is 22.4 Å². The van der Waals surface area contributed by atoms with Gasteiger partial charge in [0.15, 0.2) is 0 Å². The quantitative estimate of drug-likeness (QED) is 0.342. The smallest absolute Gasteiger partial charge is 0.264 e. The molecule has 0 bridgehead atoms. The minimum absolute atomic E-state index is 0.0298. The summed E-state index contributed by atoms with van der Waals surface area (Å²) in [6, 6.07) is 17.9. The van der Waals surface area contributed by atoms with Crippen molar-refractivity contribution in [3.05, 3.63) is 94.8 Å². The first-order valence-electron chi connectivity index (χ1n) is 13.2. The van der Waals surface area contributed by atoms with E-state index >= 15 is 0 Å². The van der Waals surface area contributed by atoms with Crippen LogP contribution in [0, 0.1) is 12.7 Å². The second kappa shape index (κ2) is 12.8. The fourth-order valence-electron chi connectivity index (χ4n) is 4.87. The fourth-order valence-corrected chi connectivity index (χ4v) is 6.47. The normalized spacial score (nSPS) is 14.5. The molecule has 7 nitrogen and oxygen atoms in total. The molecule has 4 rings (SSSR count). The summed E-state index contributed by atoms with van der Waals surface area (Å²) in [6.07, 6.45) is 3.85. The van der Waals surface area contributed by atoms with Crippen LogP contribution in [0.4, 0.5) is 10.1 Å². The molecular weight excluding hydrogens is 553 g/mol. The van der Waals surface area contributed by atoms with Gasteiger partial charge in [-0.3, -0.25) is 13.9 Å². The SMILES string of the molecule is Cc1cccc(CN(C(=O)CN(c2ccc(F)c(Cl)c2)S(=O)(=O)c2ccccc2)[C@@H](C)C(=O)NC2CCCC2)c1. The molecule has 0 spiro atoms. The molecule has 0 unspecified atom stereocenters. The highest BCUT2D eigenvalue weighted by molar-refractivity contribution is 7.92. The zero-order valence-electron chi connectivity index (χ0n) is 22.5. The predicted molar refractivity (Wildman–Crippen MR) is 154 cm³/mol. The van der Waals surface area contributed by atoms with Crippen LogP contribution in [-0.4, -0.2) is 43.8 Å². The van der Waals surface area contributed by atoms with Crippen LogP contribution in [0.2, 0.25) is 5.02 Å². The van der Waals surface area contributed by atoms with Gasteiger partial charge in [-0.2, -0.15) is 0 Å². The lowest BCUT2D eigenvalue weighted by atomic mass is 10.1. The number of halogens is 2. The number of rotatable bonds is 10. The number of anilines is 1. The van der Waals surface area contributed by atoms with Crippen LogP contribution in [0.3, 0.4) is 0 Å². The molecule has 1 aliphatic carbocycles. The van der Waals surface area contributed by atoms with Crippen LogP contribution in [0.1, 0.15) is 43.7 Å². The van der Waals surface area contributed by atoms with E-state index < -0.39 is 34.3 Å². The lowest BCUT2D eigenvalue weighted by Crippen LogP contribution is -2.52. The highest BCUT2D eigenvalue weighted by Gasteiger charge is 2.33. The topological polar surface area (TPSA) is 86.8 Å². The van der Waals surface area contributed by atoms with Gasteiger partial charge in [0.2, 0.25) is 11.8 Å². The lowest BCUT2D eigenvalue weighted by Gasteiger charge is -2.32. The number of hydrogen-bond donors (Lipinski definition) is 1. The zero-order chi connectivity index (χ0) is 28.9. The molecule has 2 amide bonds. The molecule has 10 heteroatoms. The molecule has 1 aliphatic rings. The predicted octanol–water partition coefficient (Wildman–Crippen LogP) is 5.46. The Hall–Kier alpha value is -3.43. The number of carbonyl (C=O) groups excluding carboxylic acids is 2. The monoisotopic (exact) mass is 585 g/mol. The van der Waals surface area contributed by atoms with E-state index in [1.54, 1.807) is 25.1 Å². The molecule has 1 N–H and O–H groups in total. The molecular formula is C30H33ClFN3O4S. The summed E-state index contributed by atoms with van der Waals surface area (Å²) in [5, 5.41) is 2.76. The third-order valence-electron chi connectivity index (χ3n) is 7.11. The minimum atomic E-state index is -4.25. The van der Waals surface area contributed by atoms with E-state index in [1.165, 1.54) is 29.2 Å². The van der Waals surface area contributed by atoms with Gasteiger partial charge < -0.3 is 10.2 Å². The molecule has 1 atom stereocenters. The Morgan fingerprint density at radius 1 is 1.02 bits per heavy atom. The van der Waals surface area contributed by atoms with Gasteiger partial charge in [-0.05, 0) is 62.6 Å². The summed E-state index contributed by atoms with van der Waals surface area (Å²) in [7, 11) is -4.25. The van der Waals surface area contributed by atoms with Crippen LogP contribution in [-0.2, 0) is 26.2 Å². The Labute approximate surface area is 240 Å². The van der Waals surface area contributed by atoms with Gasteiger partial charge in [-0.15, -0.1) is 0 Å². The van der Waals surface area contributed by atoms with Crippen molar-refractivity contribution in [1.29, 1.82) is 0 Å². The number of benzene rings is 3. The Morgan fingerprint density at radius 2 is 1.73 bits per heavy atom. The molecule has 0 saturated heterocycles. The summed E-state index contributed by atoms with van der Waals surface area (Å²) >= 11 is 6.00. The first-order chi connectivity index (χ1) is 19.1. The maximum Gasteiger partial charge on any atom is 0.264 e. The highest BCUT2D eigenvalue weighted by Crippen LogP contribution is 2.28. The van der Waals surface area contributed by atoms with Gasteiger partial charge in [0.25, 0.3) is 10.0 Å². The van der Waals surface area contributed by atoms with E-state index in [0.717, 1.165) is 47.2 Å². The number of amides is 2. The van der Waals surface area contributed by atoms with Crippen LogP contribution < -0.4 is 9.62 Å². The summed E-state index contributed by atoms with van der Waals surface area (Å²) in [6.45, 7) is 3.05. The van der Waals surface area contributed by atoms with Gasteiger partial charge in [0.05, 0.1) is 15.6 Å². The zero-order valence-corrected chi connectivity index (χ0v) is 24.1. The summed E-state index contributed by atoms with van der Waals surface area (Å²) < 4.78 is 42.4. The number of nitrogens with zero attached hydrogens (tertiary/aromatic N) is 2. The average Bonchev–Trinajstić information content (AvgIpc) is 3.45. The van der Waals surface area contributed by atoms with Crippen molar-refractivity contribution in [2.75, 3.05) is 10.8 Å². The second-order valence-electron chi connectivity index (χ2n) is 10.1. The van der Waals surface area contributed by atoms with Crippen molar-refractivity contribution in [3.63, 3.8) is 0 Å². The van der Waals surface area contributed by atoms with Crippen LogP contribution >= 0.6 is 11.6 Å². The second-order valence-corrected chi connectivity index (χ2v) is 12.4. The van der Waals surface area contributed by atoms with Gasteiger partial charge in [-0.1, -0.05) is 72.5 Å². The van der Waals surface area contributed by atoms with Crippen molar-refractivity contribution in [2.45, 2.75) is 63.1 Å².